The lowest BCUT2D eigenvalue weighted by Crippen LogP contribution is -2.56. The molecule has 2 aliphatic rings. The van der Waals surface area contributed by atoms with Gasteiger partial charge in [-0.05, 0) is 52.6 Å². The van der Waals surface area contributed by atoms with Gasteiger partial charge in [-0.3, -0.25) is 0 Å². The normalized spacial score (nSPS) is 38.7. The maximum Gasteiger partial charge on any atom is 0.161 e. The number of rotatable bonds is 3. The van der Waals surface area contributed by atoms with E-state index in [9.17, 15) is 5.11 Å². The van der Waals surface area contributed by atoms with E-state index >= 15 is 0 Å². The second kappa shape index (κ2) is 12.4. The van der Waals surface area contributed by atoms with Crippen LogP contribution in [0.1, 0.15) is 90.9 Å². The minimum atomic E-state index is -0.621. The number of methoxy groups -OCH3 is 1. The molecule has 2 N–H and O–H groups in total. The van der Waals surface area contributed by atoms with E-state index in [4.69, 9.17) is 14.2 Å². The topological polar surface area (TPSA) is 60.0 Å². The molecular weight excluding hydrogens is 342 g/mol. The van der Waals surface area contributed by atoms with Gasteiger partial charge >= 0.3 is 0 Å². The lowest BCUT2D eigenvalue weighted by atomic mass is 9.88. The summed E-state index contributed by atoms with van der Waals surface area (Å²) >= 11 is 0. The van der Waals surface area contributed by atoms with Crippen molar-refractivity contribution >= 4 is 0 Å². The minimum Gasteiger partial charge on any atom is -0.387 e. The highest BCUT2D eigenvalue weighted by Crippen LogP contribution is 2.33. The zero-order valence-corrected chi connectivity index (χ0v) is 17.9. The van der Waals surface area contributed by atoms with Crippen LogP contribution in [0.3, 0.4) is 0 Å². The first-order valence-corrected chi connectivity index (χ1v) is 11.3. The fourth-order valence-corrected chi connectivity index (χ4v) is 4.34. The van der Waals surface area contributed by atoms with Gasteiger partial charge < -0.3 is 24.6 Å². The standard InChI is InChI=1S/C22H43NO4/c1-18-21(24)22(2,25-3)17-20(26-18)27-19-13-9-5-4-7-11-15-23-16-12-8-6-10-14-19/h18-21,23-24H,4-17H2,1-3H3/t18-,19?,20-,21-,22+/m0/s1. The van der Waals surface area contributed by atoms with Gasteiger partial charge in [-0.1, -0.05) is 44.9 Å². The molecule has 1 unspecified atom stereocenters. The monoisotopic (exact) mass is 385 g/mol. The molecule has 2 aliphatic heterocycles. The highest BCUT2D eigenvalue weighted by Gasteiger charge is 2.45. The van der Waals surface area contributed by atoms with E-state index in [0.717, 1.165) is 19.4 Å². The molecule has 0 amide bonds. The number of nitrogens with one attached hydrogen (secondary N) is 1. The summed E-state index contributed by atoms with van der Waals surface area (Å²) in [7, 11) is 1.66. The van der Waals surface area contributed by atoms with E-state index in [1.54, 1.807) is 7.11 Å². The second-order valence-electron chi connectivity index (χ2n) is 8.70. The SMILES string of the molecule is CO[C@]1(C)C[C@H](OC2CCCCCCCNCCCCCC2)O[C@@H](C)[C@@H]1O. The van der Waals surface area contributed by atoms with Crippen molar-refractivity contribution in [1.29, 1.82) is 0 Å². The molecule has 5 heteroatoms. The Balaban J connectivity index is 1.86. The zero-order chi connectivity index (χ0) is 19.5. The molecule has 0 aromatic heterocycles. The summed E-state index contributed by atoms with van der Waals surface area (Å²) in [5.74, 6) is 0. The molecule has 2 saturated heterocycles. The fourth-order valence-electron chi connectivity index (χ4n) is 4.34. The van der Waals surface area contributed by atoms with Gasteiger partial charge in [-0.2, -0.15) is 0 Å². The van der Waals surface area contributed by atoms with Crippen molar-refractivity contribution in [2.75, 3.05) is 20.2 Å². The first kappa shape index (κ1) is 23.1. The molecule has 0 bridgehead atoms. The van der Waals surface area contributed by atoms with Crippen LogP contribution in [0.2, 0.25) is 0 Å². The molecular formula is C22H43NO4. The van der Waals surface area contributed by atoms with E-state index in [2.05, 4.69) is 5.32 Å². The van der Waals surface area contributed by atoms with Gasteiger partial charge in [-0.15, -0.1) is 0 Å². The van der Waals surface area contributed by atoms with Crippen molar-refractivity contribution in [1.82, 2.24) is 5.32 Å². The quantitative estimate of drug-likeness (QED) is 0.764. The van der Waals surface area contributed by atoms with Crippen molar-refractivity contribution in [2.24, 2.45) is 0 Å². The molecule has 27 heavy (non-hydrogen) atoms. The Kier molecular flexibility index (Phi) is 10.6. The van der Waals surface area contributed by atoms with Crippen LogP contribution < -0.4 is 5.32 Å². The minimum absolute atomic E-state index is 0.252. The number of hydrogen-bond acceptors (Lipinski definition) is 5. The number of hydrogen-bond donors (Lipinski definition) is 2. The Morgan fingerprint density at radius 1 is 0.926 bits per heavy atom. The molecule has 0 spiro atoms. The van der Waals surface area contributed by atoms with E-state index in [-0.39, 0.29) is 18.5 Å². The van der Waals surface area contributed by atoms with Crippen LogP contribution in [-0.4, -0.2) is 55.5 Å². The molecule has 0 saturated carbocycles. The number of ether oxygens (including phenoxy) is 3. The molecule has 5 nitrogen and oxygen atoms in total. The molecule has 2 rings (SSSR count). The largest absolute Gasteiger partial charge is 0.387 e. The lowest BCUT2D eigenvalue weighted by Gasteiger charge is -2.44. The highest BCUT2D eigenvalue weighted by molar-refractivity contribution is 4.92. The number of aliphatic hydroxyl groups is 1. The summed E-state index contributed by atoms with van der Waals surface area (Å²) in [4.78, 5) is 0. The molecule has 0 aliphatic carbocycles. The first-order valence-electron chi connectivity index (χ1n) is 11.3. The summed E-state index contributed by atoms with van der Waals surface area (Å²) < 4.78 is 18.0. The molecule has 5 atom stereocenters. The van der Waals surface area contributed by atoms with E-state index in [0.29, 0.717) is 6.42 Å². The van der Waals surface area contributed by atoms with Crippen LogP contribution in [0, 0.1) is 0 Å². The first-order chi connectivity index (χ1) is 13.0. The summed E-state index contributed by atoms with van der Waals surface area (Å²) in [6, 6.07) is 0. The van der Waals surface area contributed by atoms with Crippen LogP contribution in [0.15, 0.2) is 0 Å². The highest BCUT2D eigenvalue weighted by atomic mass is 16.7. The maximum atomic E-state index is 10.4. The maximum absolute atomic E-state index is 10.4. The van der Waals surface area contributed by atoms with Crippen molar-refractivity contribution in [3.8, 4) is 0 Å². The predicted molar refractivity (Wildman–Crippen MR) is 109 cm³/mol. The Labute approximate surface area is 166 Å². The molecule has 2 fully saturated rings. The van der Waals surface area contributed by atoms with Crippen LogP contribution in [-0.2, 0) is 14.2 Å². The Bertz CT molecular complexity index is 379. The zero-order valence-electron chi connectivity index (χ0n) is 17.9. The van der Waals surface area contributed by atoms with Crippen molar-refractivity contribution < 1.29 is 19.3 Å². The average molecular weight is 386 g/mol. The van der Waals surface area contributed by atoms with Gasteiger partial charge in [0.2, 0.25) is 0 Å². The van der Waals surface area contributed by atoms with Crippen molar-refractivity contribution in [3.63, 3.8) is 0 Å². The van der Waals surface area contributed by atoms with Crippen molar-refractivity contribution in [2.45, 2.75) is 121 Å². The smallest absolute Gasteiger partial charge is 0.161 e. The summed E-state index contributed by atoms with van der Waals surface area (Å²) in [6.07, 6.45) is 13.4. The molecule has 2 heterocycles. The Hall–Kier alpha value is -0.200. The van der Waals surface area contributed by atoms with E-state index in [1.807, 2.05) is 13.8 Å². The van der Waals surface area contributed by atoms with Crippen LogP contribution in [0.25, 0.3) is 0 Å². The van der Waals surface area contributed by atoms with Gasteiger partial charge in [-0.25, -0.2) is 0 Å². The molecule has 0 aromatic rings. The van der Waals surface area contributed by atoms with Gasteiger partial charge in [0.05, 0.1) is 17.8 Å². The van der Waals surface area contributed by atoms with Gasteiger partial charge in [0.15, 0.2) is 6.29 Å². The van der Waals surface area contributed by atoms with E-state index in [1.165, 1.54) is 64.3 Å². The van der Waals surface area contributed by atoms with Crippen LogP contribution in [0.4, 0.5) is 0 Å². The summed E-state index contributed by atoms with van der Waals surface area (Å²) in [5.41, 5.74) is -0.602. The second-order valence-corrected chi connectivity index (χ2v) is 8.70. The molecule has 0 aromatic carbocycles. The summed E-state index contributed by atoms with van der Waals surface area (Å²) in [6.45, 7) is 6.19. The van der Waals surface area contributed by atoms with Gasteiger partial charge in [0.1, 0.15) is 6.10 Å². The summed E-state index contributed by atoms with van der Waals surface area (Å²) in [5, 5.41) is 14.0. The van der Waals surface area contributed by atoms with Crippen LogP contribution >= 0.6 is 0 Å². The third-order valence-electron chi connectivity index (χ3n) is 6.33. The third kappa shape index (κ3) is 7.98. The Morgan fingerprint density at radius 2 is 1.48 bits per heavy atom. The number of aliphatic hydroxyl groups excluding tert-OH is 1. The van der Waals surface area contributed by atoms with Gasteiger partial charge in [0.25, 0.3) is 0 Å². The predicted octanol–water partition coefficient (Wildman–Crippen LogP) is 4.17. The van der Waals surface area contributed by atoms with Crippen LogP contribution in [0.5, 0.6) is 0 Å². The third-order valence-corrected chi connectivity index (χ3v) is 6.33. The van der Waals surface area contributed by atoms with Crippen molar-refractivity contribution in [3.05, 3.63) is 0 Å². The fraction of sp³-hybridized carbons (Fsp3) is 1.00. The lowest BCUT2D eigenvalue weighted by molar-refractivity contribution is -0.289. The average Bonchev–Trinajstić information content (AvgIpc) is 2.66. The van der Waals surface area contributed by atoms with Gasteiger partial charge in [0, 0.05) is 13.5 Å². The molecule has 160 valence electrons. The van der Waals surface area contributed by atoms with E-state index < -0.39 is 11.7 Å². The molecule has 0 radical (unpaired) electrons. The Morgan fingerprint density at radius 3 is 2.07 bits per heavy atom.